The molecule has 3 aliphatic rings. The molecule has 0 spiro atoms. The zero-order valence-corrected chi connectivity index (χ0v) is 34.0. The van der Waals surface area contributed by atoms with E-state index in [1.165, 1.54) is 11.1 Å². The lowest BCUT2D eigenvalue weighted by Crippen LogP contribution is -2.60. The minimum absolute atomic E-state index is 0.0813. The number of piperidine rings is 1. The molecule has 0 aromatic carbocycles. The van der Waals surface area contributed by atoms with Gasteiger partial charge in [-0.2, -0.15) is 0 Å². The zero-order valence-electron chi connectivity index (χ0n) is 34.0. The van der Waals surface area contributed by atoms with Crippen LogP contribution in [-0.2, 0) is 19.0 Å². The number of methoxy groups -OCH3 is 2. The average Bonchev–Trinajstić information content (AvgIpc) is 3.13. The Hall–Kier alpha value is -2.49. The van der Waals surface area contributed by atoms with Gasteiger partial charge in [0.15, 0.2) is 5.79 Å². The number of carbonyl (C=O) groups excluding carboxylic acids is 1. The molecule has 5 unspecified atom stereocenters. The number of ether oxygens (including phenoxy) is 3. The Balaban J connectivity index is 1.52. The van der Waals surface area contributed by atoms with Gasteiger partial charge in [-0.3, -0.25) is 4.79 Å². The highest BCUT2D eigenvalue weighted by Gasteiger charge is 2.54. The number of carbonyl (C=O) groups is 1. The van der Waals surface area contributed by atoms with Crippen LogP contribution in [0.15, 0.2) is 72.7 Å². The van der Waals surface area contributed by atoms with E-state index in [0.29, 0.717) is 49.4 Å². The summed E-state index contributed by atoms with van der Waals surface area (Å²) in [4.78, 5) is 15.3. The van der Waals surface area contributed by atoms with Crippen LogP contribution in [0.25, 0.3) is 0 Å². The molecule has 1 saturated carbocycles. The predicted molar refractivity (Wildman–Crippen MR) is 215 cm³/mol. The molecule has 300 valence electrons. The fourth-order valence-electron chi connectivity index (χ4n) is 8.85. The summed E-state index contributed by atoms with van der Waals surface area (Å²) < 4.78 is 18.1. The lowest BCUT2D eigenvalue weighted by Gasteiger charge is -2.53. The SMILES string of the molecule is C=CC[C@H](/C=C(\C)CCCCC1(C)OC(O)(C(=C)C(=C)N2CCCCC2C(=C)O)C(C)CC1OC)C(=O)CCCC/C(C)=C/[C@@H]1CC[C@@H](O)[C@H](OC)C1. The maximum Gasteiger partial charge on any atom is 0.197 e. The summed E-state index contributed by atoms with van der Waals surface area (Å²) in [5, 5.41) is 32.5. The van der Waals surface area contributed by atoms with E-state index < -0.39 is 11.4 Å². The van der Waals surface area contributed by atoms with E-state index >= 15 is 0 Å². The van der Waals surface area contributed by atoms with Gasteiger partial charge in [-0.15, -0.1) is 6.58 Å². The largest absolute Gasteiger partial charge is 0.511 e. The second-order valence-electron chi connectivity index (χ2n) is 16.5. The zero-order chi connectivity index (χ0) is 39.3. The molecule has 8 heteroatoms. The van der Waals surface area contributed by atoms with Crippen molar-refractivity contribution in [3.63, 3.8) is 0 Å². The van der Waals surface area contributed by atoms with Crippen molar-refractivity contribution in [3.8, 4) is 0 Å². The Labute approximate surface area is 321 Å². The van der Waals surface area contributed by atoms with Crippen molar-refractivity contribution in [1.82, 2.24) is 4.90 Å². The highest BCUT2D eigenvalue weighted by Crippen LogP contribution is 2.47. The summed E-state index contributed by atoms with van der Waals surface area (Å²) in [6.45, 7) is 25.3. The number of ketones is 1. The molecule has 3 fully saturated rings. The summed E-state index contributed by atoms with van der Waals surface area (Å²) in [5.41, 5.74) is 2.80. The van der Waals surface area contributed by atoms with E-state index in [9.17, 15) is 20.1 Å². The molecule has 0 amide bonds. The Morgan fingerprint density at radius 3 is 2.32 bits per heavy atom. The second-order valence-corrected chi connectivity index (χ2v) is 16.5. The van der Waals surface area contributed by atoms with E-state index in [1.54, 1.807) is 14.2 Å². The monoisotopic (exact) mass is 740 g/mol. The minimum atomic E-state index is -1.63. The molecule has 53 heavy (non-hydrogen) atoms. The number of likely N-dealkylation sites (tertiary alicyclic amines) is 1. The molecule has 2 aliphatic heterocycles. The maximum atomic E-state index is 13.3. The number of aliphatic hydroxyl groups excluding tert-OH is 2. The molecule has 0 bridgehead atoms. The van der Waals surface area contributed by atoms with Gasteiger partial charge in [0.25, 0.3) is 0 Å². The molecule has 2 saturated heterocycles. The fourth-order valence-corrected chi connectivity index (χ4v) is 8.85. The molecule has 2 heterocycles. The minimum Gasteiger partial charge on any atom is -0.511 e. The Bertz CT molecular complexity index is 1320. The summed E-state index contributed by atoms with van der Waals surface area (Å²) in [6, 6.07) is -0.253. The fraction of sp³-hybridized carbons (Fsp3) is 0.711. The standard InChI is InChI=1S/C45H73NO7/c1-11-18-38(40(48)22-13-12-19-31(2)27-37-23-24-41(49)42(30-37)51-9)28-32(3)20-14-16-25-44(8)43(52-10)29-33(4)45(50,53-44)34(5)35(6)46-26-17-15-21-39(46)36(7)47/h11,27-28,33,37-39,41-43,47,49-50H,1,5-7,12-26,29-30H2,2-4,8-10H3/b31-27+,32-28+/t33?,37-,38+,39?,41+,42+,43?,44?,45?/m0/s1. The number of rotatable bonds is 21. The maximum absolute atomic E-state index is 13.3. The van der Waals surface area contributed by atoms with E-state index in [1.807, 2.05) is 24.8 Å². The molecule has 0 radical (unpaired) electrons. The number of hydrogen-bond acceptors (Lipinski definition) is 8. The van der Waals surface area contributed by atoms with Gasteiger partial charge in [0, 0.05) is 50.3 Å². The number of aliphatic hydroxyl groups is 3. The van der Waals surface area contributed by atoms with Crippen LogP contribution in [0.1, 0.15) is 130 Å². The van der Waals surface area contributed by atoms with Crippen LogP contribution in [0.3, 0.4) is 0 Å². The van der Waals surface area contributed by atoms with E-state index in [4.69, 9.17) is 14.2 Å². The van der Waals surface area contributed by atoms with Crippen molar-refractivity contribution in [3.05, 3.63) is 72.7 Å². The van der Waals surface area contributed by atoms with Crippen LogP contribution in [0.5, 0.6) is 0 Å². The first-order valence-corrected chi connectivity index (χ1v) is 20.3. The summed E-state index contributed by atoms with van der Waals surface area (Å²) in [7, 11) is 3.37. The van der Waals surface area contributed by atoms with E-state index in [-0.39, 0.29) is 47.7 Å². The summed E-state index contributed by atoms with van der Waals surface area (Å²) >= 11 is 0. The third-order valence-corrected chi connectivity index (χ3v) is 12.3. The third-order valence-electron chi connectivity index (χ3n) is 12.3. The number of nitrogens with zero attached hydrogens (tertiary/aromatic N) is 1. The van der Waals surface area contributed by atoms with Crippen LogP contribution in [-0.4, -0.2) is 82.5 Å². The highest BCUT2D eigenvalue weighted by atomic mass is 16.7. The highest BCUT2D eigenvalue weighted by molar-refractivity contribution is 5.82. The molecule has 3 rings (SSSR count). The van der Waals surface area contributed by atoms with Gasteiger partial charge >= 0.3 is 0 Å². The molecule has 3 N–H and O–H groups in total. The average molecular weight is 740 g/mol. The van der Waals surface area contributed by atoms with Crippen molar-refractivity contribution in [1.29, 1.82) is 0 Å². The van der Waals surface area contributed by atoms with Gasteiger partial charge in [-0.1, -0.05) is 62.5 Å². The summed E-state index contributed by atoms with van der Waals surface area (Å²) in [5.74, 6) is -1.24. The first-order valence-electron chi connectivity index (χ1n) is 20.3. The van der Waals surface area contributed by atoms with E-state index in [2.05, 4.69) is 52.3 Å². The van der Waals surface area contributed by atoms with E-state index in [0.717, 1.165) is 77.0 Å². The van der Waals surface area contributed by atoms with Gasteiger partial charge in [0.05, 0.1) is 30.0 Å². The summed E-state index contributed by atoms with van der Waals surface area (Å²) in [6.07, 6.45) is 19.0. The van der Waals surface area contributed by atoms with Crippen molar-refractivity contribution >= 4 is 5.78 Å². The van der Waals surface area contributed by atoms with Gasteiger partial charge in [-0.25, -0.2) is 0 Å². The van der Waals surface area contributed by atoms with Crippen LogP contribution < -0.4 is 0 Å². The lowest BCUT2D eigenvalue weighted by molar-refractivity contribution is -0.320. The first-order chi connectivity index (χ1) is 25.1. The molecule has 0 aromatic rings. The van der Waals surface area contributed by atoms with Crippen LogP contribution >= 0.6 is 0 Å². The Morgan fingerprint density at radius 2 is 1.66 bits per heavy atom. The first kappa shape index (κ1) is 44.9. The van der Waals surface area contributed by atoms with Gasteiger partial charge in [-0.05, 0) is 117 Å². The van der Waals surface area contributed by atoms with Crippen molar-refractivity contribution in [2.45, 2.75) is 166 Å². The van der Waals surface area contributed by atoms with Crippen LogP contribution in [0.4, 0.5) is 0 Å². The normalized spacial score (nSPS) is 31.9. The van der Waals surface area contributed by atoms with Crippen LogP contribution in [0, 0.1) is 17.8 Å². The Morgan fingerprint density at radius 1 is 0.981 bits per heavy atom. The van der Waals surface area contributed by atoms with Gasteiger partial charge < -0.3 is 34.4 Å². The Kier molecular flexibility index (Phi) is 17.8. The molecule has 9 atom stereocenters. The molecule has 8 nitrogen and oxygen atoms in total. The number of unbranched alkanes of at least 4 members (excludes halogenated alkanes) is 2. The third kappa shape index (κ3) is 12.3. The van der Waals surface area contributed by atoms with Crippen molar-refractivity contribution < 1.29 is 34.3 Å². The number of Topliss-reactive ketones (excluding diaryl/α,β-unsaturated/α-hetero) is 1. The van der Waals surface area contributed by atoms with Crippen LogP contribution in [0.2, 0.25) is 0 Å². The topological polar surface area (TPSA) is 109 Å². The predicted octanol–water partition coefficient (Wildman–Crippen LogP) is 9.45. The molecule has 0 aromatic heterocycles. The molecular weight excluding hydrogens is 666 g/mol. The lowest BCUT2D eigenvalue weighted by atomic mass is 9.77. The van der Waals surface area contributed by atoms with Gasteiger partial charge in [0.1, 0.15) is 11.5 Å². The van der Waals surface area contributed by atoms with Gasteiger partial charge in [0.2, 0.25) is 0 Å². The number of allylic oxidation sites excluding steroid dienone is 5. The quantitative estimate of drug-likeness (QED) is 0.0463. The smallest absolute Gasteiger partial charge is 0.197 e. The number of hydrogen-bond donors (Lipinski definition) is 3. The van der Waals surface area contributed by atoms with Crippen molar-refractivity contribution in [2.24, 2.45) is 17.8 Å². The van der Waals surface area contributed by atoms with Crippen molar-refractivity contribution in [2.75, 3.05) is 20.8 Å². The second kappa shape index (κ2) is 21.0. The molecule has 1 aliphatic carbocycles. The molecular formula is C45H73NO7.